The molecule has 9 nitrogen and oxygen atoms in total. The van der Waals surface area contributed by atoms with Gasteiger partial charge in [0.15, 0.2) is 12.6 Å². The summed E-state index contributed by atoms with van der Waals surface area (Å²) < 4.78 is 15.6. The fourth-order valence-corrected chi connectivity index (χ4v) is 1.97. The molecule has 0 amide bonds. The number of hydrogen-bond donors (Lipinski definition) is 4. The first-order valence-electron chi connectivity index (χ1n) is 6.80. The van der Waals surface area contributed by atoms with Gasteiger partial charge >= 0.3 is 29.6 Å². The van der Waals surface area contributed by atoms with Crippen molar-refractivity contribution >= 4 is 5.97 Å². The van der Waals surface area contributed by atoms with E-state index in [0.717, 1.165) is 0 Å². The number of rotatable bonds is 8. The van der Waals surface area contributed by atoms with Gasteiger partial charge < -0.3 is 45.2 Å². The SMILES string of the molecule is CCOC(CCCN)OC1OC(C(=O)[O-])C(O)C(O)C1O.[Na+]. The van der Waals surface area contributed by atoms with E-state index in [2.05, 4.69) is 0 Å². The van der Waals surface area contributed by atoms with Crippen LogP contribution in [-0.2, 0) is 19.0 Å². The summed E-state index contributed by atoms with van der Waals surface area (Å²) in [6, 6.07) is 0. The molecule has 5 N–H and O–H groups in total. The van der Waals surface area contributed by atoms with E-state index < -0.39 is 43.0 Å². The molecule has 0 aromatic heterocycles. The molecule has 1 aliphatic rings. The van der Waals surface area contributed by atoms with E-state index in [-0.39, 0.29) is 29.6 Å². The number of aliphatic hydroxyl groups is 3. The van der Waals surface area contributed by atoms with Crippen molar-refractivity contribution in [3.8, 4) is 0 Å². The second-order valence-electron chi connectivity index (χ2n) is 4.67. The Morgan fingerprint density at radius 1 is 1.32 bits per heavy atom. The maximum absolute atomic E-state index is 10.9. The third-order valence-corrected chi connectivity index (χ3v) is 3.08. The quantitative estimate of drug-likeness (QED) is 0.251. The maximum Gasteiger partial charge on any atom is 1.00 e. The van der Waals surface area contributed by atoms with Crippen molar-refractivity contribution in [2.75, 3.05) is 13.2 Å². The Hall–Kier alpha value is 0.190. The summed E-state index contributed by atoms with van der Waals surface area (Å²) in [6.07, 6.45) is -8.19. The number of carbonyl (C=O) groups excluding carboxylic acids is 1. The predicted octanol–water partition coefficient (Wildman–Crippen LogP) is -6.33. The monoisotopic (exact) mass is 331 g/mol. The van der Waals surface area contributed by atoms with Crippen molar-refractivity contribution in [3.63, 3.8) is 0 Å². The van der Waals surface area contributed by atoms with Gasteiger partial charge in [0.1, 0.15) is 24.4 Å². The van der Waals surface area contributed by atoms with E-state index >= 15 is 0 Å². The first-order valence-corrected chi connectivity index (χ1v) is 6.80. The molecule has 0 aliphatic carbocycles. The van der Waals surface area contributed by atoms with Crippen LogP contribution in [0.25, 0.3) is 0 Å². The van der Waals surface area contributed by atoms with E-state index in [1.54, 1.807) is 6.92 Å². The summed E-state index contributed by atoms with van der Waals surface area (Å²) in [7, 11) is 0. The number of carboxylic acids is 1. The number of carbonyl (C=O) groups is 1. The number of carboxylic acid groups (broad SMARTS) is 1. The van der Waals surface area contributed by atoms with Gasteiger partial charge in [-0.25, -0.2) is 0 Å². The molecule has 0 saturated carbocycles. The minimum absolute atomic E-state index is 0. The van der Waals surface area contributed by atoms with E-state index in [9.17, 15) is 25.2 Å². The normalized spacial score (nSPS) is 33.0. The molecule has 0 bridgehead atoms. The van der Waals surface area contributed by atoms with E-state index in [0.29, 0.717) is 26.0 Å². The summed E-state index contributed by atoms with van der Waals surface area (Å²) in [5, 5.41) is 39.8. The van der Waals surface area contributed by atoms with Gasteiger partial charge in [-0.05, 0) is 26.3 Å². The zero-order valence-electron chi connectivity index (χ0n) is 12.8. The molecule has 22 heavy (non-hydrogen) atoms. The van der Waals surface area contributed by atoms with Crippen molar-refractivity contribution in [3.05, 3.63) is 0 Å². The molecule has 6 atom stereocenters. The largest absolute Gasteiger partial charge is 1.00 e. The van der Waals surface area contributed by atoms with Crippen molar-refractivity contribution < 1.29 is 69.0 Å². The van der Waals surface area contributed by atoms with Gasteiger partial charge in [0.25, 0.3) is 0 Å². The summed E-state index contributed by atoms with van der Waals surface area (Å²) in [4.78, 5) is 10.9. The summed E-state index contributed by atoms with van der Waals surface area (Å²) in [5.74, 6) is -1.71. The second-order valence-corrected chi connectivity index (χ2v) is 4.67. The molecule has 0 spiro atoms. The number of ether oxygens (including phenoxy) is 3. The Morgan fingerprint density at radius 2 is 1.95 bits per heavy atom. The van der Waals surface area contributed by atoms with E-state index in [4.69, 9.17) is 19.9 Å². The zero-order chi connectivity index (χ0) is 16.0. The molecule has 0 aromatic carbocycles. The fourth-order valence-electron chi connectivity index (χ4n) is 1.97. The van der Waals surface area contributed by atoms with E-state index in [1.807, 2.05) is 0 Å². The minimum atomic E-state index is -1.81. The van der Waals surface area contributed by atoms with Crippen LogP contribution in [0.3, 0.4) is 0 Å². The van der Waals surface area contributed by atoms with Crippen molar-refractivity contribution in [1.29, 1.82) is 0 Å². The average Bonchev–Trinajstić information content (AvgIpc) is 2.44. The maximum atomic E-state index is 10.9. The van der Waals surface area contributed by atoms with Crippen LogP contribution in [-0.4, -0.2) is 71.4 Å². The summed E-state index contributed by atoms with van der Waals surface area (Å²) >= 11 is 0. The van der Waals surface area contributed by atoms with Crippen molar-refractivity contribution in [2.45, 2.75) is 56.8 Å². The zero-order valence-corrected chi connectivity index (χ0v) is 14.8. The molecular formula is C12H22NNaO8. The minimum Gasteiger partial charge on any atom is -0.547 e. The smallest absolute Gasteiger partial charge is 0.547 e. The van der Waals surface area contributed by atoms with Crippen LogP contribution in [0.15, 0.2) is 0 Å². The average molecular weight is 331 g/mol. The van der Waals surface area contributed by atoms with Crippen LogP contribution in [0.1, 0.15) is 19.8 Å². The summed E-state index contributed by atoms with van der Waals surface area (Å²) in [5.41, 5.74) is 5.38. The Balaban J connectivity index is 0.00000441. The molecular weight excluding hydrogens is 309 g/mol. The molecule has 10 heteroatoms. The second kappa shape index (κ2) is 10.9. The van der Waals surface area contributed by atoms with Crippen LogP contribution in [0.5, 0.6) is 0 Å². The molecule has 124 valence electrons. The molecule has 1 rings (SSSR count). The molecule has 1 fully saturated rings. The Labute approximate surface area is 150 Å². The van der Waals surface area contributed by atoms with Gasteiger partial charge in [0, 0.05) is 6.61 Å². The van der Waals surface area contributed by atoms with Gasteiger partial charge in [0.05, 0.1) is 5.97 Å². The molecule has 1 aliphatic heterocycles. The molecule has 0 radical (unpaired) electrons. The predicted molar refractivity (Wildman–Crippen MR) is 66.5 cm³/mol. The number of nitrogens with two attached hydrogens (primary N) is 1. The first-order chi connectivity index (χ1) is 9.92. The summed E-state index contributed by atoms with van der Waals surface area (Å²) in [6.45, 7) is 2.47. The first kappa shape index (κ1) is 22.2. The molecule has 1 heterocycles. The van der Waals surface area contributed by atoms with Gasteiger partial charge in [-0.15, -0.1) is 0 Å². The van der Waals surface area contributed by atoms with Crippen LogP contribution < -0.4 is 40.4 Å². The molecule has 0 aromatic rings. The number of hydrogen-bond acceptors (Lipinski definition) is 9. The third kappa shape index (κ3) is 6.00. The van der Waals surface area contributed by atoms with Crippen LogP contribution in [0, 0.1) is 0 Å². The fraction of sp³-hybridized carbons (Fsp3) is 0.917. The standard InChI is InChI=1S/C12H23NO8.Na/c1-2-19-6(4-3-5-13)20-12-9(16)7(14)8(15)10(21-12)11(17)18;/h6-10,12,14-16H,2-5,13H2,1H3,(H,17,18);/q;+1/p-1. The Morgan fingerprint density at radius 3 is 2.45 bits per heavy atom. The van der Waals surface area contributed by atoms with Crippen molar-refractivity contribution in [2.24, 2.45) is 5.73 Å². The van der Waals surface area contributed by atoms with E-state index in [1.165, 1.54) is 0 Å². The van der Waals surface area contributed by atoms with Crippen LogP contribution >= 0.6 is 0 Å². The van der Waals surface area contributed by atoms with Gasteiger partial charge in [-0.3, -0.25) is 0 Å². The topological polar surface area (TPSA) is 155 Å². The van der Waals surface area contributed by atoms with Gasteiger partial charge in [-0.2, -0.15) is 0 Å². The third-order valence-electron chi connectivity index (χ3n) is 3.08. The van der Waals surface area contributed by atoms with Crippen molar-refractivity contribution in [1.82, 2.24) is 0 Å². The molecule has 1 saturated heterocycles. The van der Waals surface area contributed by atoms with Crippen LogP contribution in [0.4, 0.5) is 0 Å². The number of aliphatic carboxylic acids is 1. The van der Waals surface area contributed by atoms with Crippen LogP contribution in [0.2, 0.25) is 0 Å². The number of aliphatic hydroxyl groups excluding tert-OH is 3. The Kier molecular flexibility index (Phi) is 11.0. The Bertz CT molecular complexity index is 334. The van der Waals surface area contributed by atoms with Gasteiger partial charge in [0.2, 0.25) is 0 Å². The molecule has 6 unspecified atom stereocenters. The van der Waals surface area contributed by atoms with Gasteiger partial charge in [-0.1, -0.05) is 0 Å².